The molecule has 0 aliphatic carbocycles. The molecule has 0 saturated carbocycles. The van der Waals surface area contributed by atoms with Crippen LogP contribution in [-0.4, -0.2) is 23.8 Å². The Kier molecular flexibility index (Phi) is 9.22. The van der Waals surface area contributed by atoms with Crippen LogP contribution in [0.5, 0.6) is 5.75 Å². The van der Waals surface area contributed by atoms with Crippen LogP contribution in [0.25, 0.3) is 11.3 Å². The number of carbonyl (C=O) groups is 2. The molecule has 0 bridgehead atoms. The Morgan fingerprint density at radius 2 is 1.74 bits per heavy atom. The van der Waals surface area contributed by atoms with Crippen LogP contribution in [0.3, 0.4) is 0 Å². The third-order valence-electron chi connectivity index (χ3n) is 5.94. The molecular weight excluding hydrogens is 520 g/mol. The number of halogens is 1. The number of hydrogen-bond acceptors (Lipinski definition) is 7. The van der Waals surface area contributed by atoms with Crippen molar-refractivity contribution in [3.05, 3.63) is 100 Å². The first-order chi connectivity index (χ1) is 18.9. The number of nitrogens with one attached hydrogen (secondary N) is 1. The maximum absolute atomic E-state index is 12.7. The molecule has 1 atom stereocenters. The van der Waals surface area contributed by atoms with Crippen molar-refractivity contribution in [2.24, 2.45) is 0 Å². The minimum atomic E-state index is -0.651. The number of amides is 1. The fraction of sp³-hybridized carbons (Fsp3) is 0.233. The van der Waals surface area contributed by atoms with Gasteiger partial charge in [-0.1, -0.05) is 77.4 Å². The van der Waals surface area contributed by atoms with E-state index >= 15 is 0 Å². The van der Waals surface area contributed by atoms with Crippen LogP contribution in [0.1, 0.15) is 42.3 Å². The van der Waals surface area contributed by atoms with Gasteiger partial charge in [0.25, 0.3) is 0 Å². The molecular formula is C30H29ClN2O6. The van der Waals surface area contributed by atoms with Gasteiger partial charge in [0.1, 0.15) is 29.8 Å². The fourth-order valence-corrected chi connectivity index (χ4v) is 4.24. The van der Waals surface area contributed by atoms with Crippen LogP contribution in [0, 0.1) is 6.92 Å². The lowest BCUT2D eigenvalue weighted by Gasteiger charge is -2.15. The van der Waals surface area contributed by atoms with Gasteiger partial charge in [-0.2, -0.15) is 0 Å². The zero-order valence-electron chi connectivity index (χ0n) is 21.9. The van der Waals surface area contributed by atoms with E-state index < -0.39 is 12.2 Å². The van der Waals surface area contributed by atoms with Crippen LogP contribution in [0.4, 0.5) is 10.5 Å². The molecule has 4 aromatic rings. The number of para-hydroxylation sites is 1. The molecule has 9 heteroatoms. The van der Waals surface area contributed by atoms with E-state index in [0.717, 1.165) is 16.7 Å². The number of ether oxygens (including phenoxy) is 3. The Balaban J connectivity index is 1.41. The predicted octanol–water partition coefficient (Wildman–Crippen LogP) is 7.30. The third-order valence-corrected chi connectivity index (χ3v) is 6.28. The molecule has 4 rings (SSSR count). The van der Waals surface area contributed by atoms with Crippen LogP contribution >= 0.6 is 11.6 Å². The molecule has 8 nitrogen and oxygen atoms in total. The third kappa shape index (κ3) is 7.18. The van der Waals surface area contributed by atoms with Crippen molar-refractivity contribution in [2.75, 3.05) is 11.9 Å². The van der Waals surface area contributed by atoms with Crippen LogP contribution in [0.15, 0.2) is 77.3 Å². The van der Waals surface area contributed by atoms with Crippen LogP contribution < -0.4 is 10.1 Å². The van der Waals surface area contributed by atoms with Gasteiger partial charge in [-0.15, -0.1) is 0 Å². The fourth-order valence-electron chi connectivity index (χ4n) is 3.95. The first kappa shape index (κ1) is 27.7. The molecule has 1 heterocycles. The van der Waals surface area contributed by atoms with Crippen molar-refractivity contribution in [3.8, 4) is 17.1 Å². The maximum atomic E-state index is 12.7. The molecule has 39 heavy (non-hydrogen) atoms. The van der Waals surface area contributed by atoms with E-state index in [1.807, 2.05) is 60.7 Å². The Morgan fingerprint density at radius 3 is 2.49 bits per heavy atom. The van der Waals surface area contributed by atoms with Gasteiger partial charge >= 0.3 is 12.1 Å². The molecule has 0 fully saturated rings. The molecule has 1 amide bonds. The zero-order chi connectivity index (χ0) is 27.8. The molecule has 0 saturated heterocycles. The van der Waals surface area contributed by atoms with E-state index in [1.165, 1.54) is 0 Å². The molecule has 202 valence electrons. The van der Waals surface area contributed by atoms with E-state index in [9.17, 15) is 9.59 Å². The monoisotopic (exact) mass is 548 g/mol. The summed E-state index contributed by atoms with van der Waals surface area (Å²) in [5.41, 5.74) is 4.02. The van der Waals surface area contributed by atoms with Crippen molar-refractivity contribution in [1.82, 2.24) is 5.16 Å². The van der Waals surface area contributed by atoms with E-state index in [0.29, 0.717) is 46.7 Å². The normalized spacial score (nSPS) is 11.5. The minimum absolute atomic E-state index is 0.142. The van der Waals surface area contributed by atoms with Gasteiger partial charge in [-0.3, -0.25) is 10.1 Å². The average Bonchev–Trinajstić information content (AvgIpc) is 3.28. The summed E-state index contributed by atoms with van der Waals surface area (Å²) in [7, 11) is 0. The number of nitrogens with zero attached hydrogens (tertiary/aromatic N) is 1. The van der Waals surface area contributed by atoms with Crippen molar-refractivity contribution in [3.63, 3.8) is 0 Å². The molecule has 1 N–H and O–H groups in total. The molecule has 1 aromatic heterocycles. The van der Waals surface area contributed by atoms with E-state index in [2.05, 4.69) is 10.5 Å². The second-order valence-corrected chi connectivity index (χ2v) is 9.15. The summed E-state index contributed by atoms with van der Waals surface area (Å²) in [5, 5.41) is 7.28. The second kappa shape index (κ2) is 13.0. The highest BCUT2D eigenvalue weighted by molar-refractivity contribution is 6.31. The standard InChI is InChI=1S/C30H29ClN2O6/c1-4-36-27(34)17-23-9-5-8-12-26(23)37-18-21-13-15-22(16-14-21)29-28(19(2)33-39-29)32-30(35)38-20(3)24-10-6-7-11-25(24)31/h5-16,20H,4,17-18H2,1-3H3,(H,32,35). The lowest BCUT2D eigenvalue weighted by molar-refractivity contribution is -0.142. The first-order valence-electron chi connectivity index (χ1n) is 12.5. The summed E-state index contributed by atoms with van der Waals surface area (Å²) in [6.45, 7) is 5.89. The number of rotatable bonds is 10. The summed E-state index contributed by atoms with van der Waals surface area (Å²) in [5.74, 6) is 0.727. The highest BCUT2D eigenvalue weighted by atomic mass is 35.5. The quantitative estimate of drug-likeness (QED) is 0.207. The second-order valence-electron chi connectivity index (χ2n) is 8.74. The topological polar surface area (TPSA) is 99.9 Å². The highest BCUT2D eigenvalue weighted by Crippen LogP contribution is 2.32. The van der Waals surface area contributed by atoms with E-state index in [-0.39, 0.29) is 12.4 Å². The molecule has 3 aromatic carbocycles. The Morgan fingerprint density at radius 1 is 1.03 bits per heavy atom. The van der Waals surface area contributed by atoms with E-state index in [1.54, 1.807) is 32.9 Å². The maximum Gasteiger partial charge on any atom is 0.412 e. The van der Waals surface area contributed by atoms with Gasteiger partial charge in [0.15, 0.2) is 5.76 Å². The number of esters is 1. The minimum Gasteiger partial charge on any atom is -0.489 e. The van der Waals surface area contributed by atoms with Gasteiger partial charge in [0.05, 0.1) is 13.0 Å². The Labute approximate surface area is 231 Å². The number of aromatic nitrogens is 1. The highest BCUT2D eigenvalue weighted by Gasteiger charge is 2.21. The van der Waals surface area contributed by atoms with Gasteiger partial charge in [0, 0.05) is 21.7 Å². The van der Waals surface area contributed by atoms with E-state index in [4.69, 9.17) is 30.3 Å². The van der Waals surface area contributed by atoms with Gasteiger partial charge in [-0.25, -0.2) is 4.79 Å². The van der Waals surface area contributed by atoms with Crippen molar-refractivity contribution in [1.29, 1.82) is 0 Å². The number of aryl methyl sites for hydroxylation is 1. The largest absolute Gasteiger partial charge is 0.489 e. The van der Waals surface area contributed by atoms with Crippen LogP contribution in [-0.2, 0) is 27.3 Å². The summed E-state index contributed by atoms with van der Waals surface area (Å²) in [6, 6.07) is 22.1. The zero-order valence-corrected chi connectivity index (χ0v) is 22.7. The van der Waals surface area contributed by atoms with Crippen LogP contribution in [0.2, 0.25) is 5.02 Å². The van der Waals surface area contributed by atoms with Crippen molar-refractivity contribution >= 4 is 29.4 Å². The lowest BCUT2D eigenvalue weighted by Crippen LogP contribution is -2.17. The Bertz CT molecular complexity index is 1430. The summed E-state index contributed by atoms with van der Waals surface area (Å²) in [6.07, 6.45) is -1.06. The lowest BCUT2D eigenvalue weighted by atomic mass is 10.1. The molecule has 1 unspecified atom stereocenters. The molecule has 0 radical (unpaired) electrons. The molecule has 0 spiro atoms. The number of hydrogen-bond donors (Lipinski definition) is 1. The molecule has 0 aliphatic rings. The summed E-state index contributed by atoms with van der Waals surface area (Å²) >= 11 is 6.22. The van der Waals surface area contributed by atoms with Gasteiger partial charge in [0.2, 0.25) is 0 Å². The smallest absolute Gasteiger partial charge is 0.412 e. The van der Waals surface area contributed by atoms with Crippen molar-refractivity contribution < 1.29 is 28.3 Å². The number of benzene rings is 3. The summed E-state index contributed by atoms with van der Waals surface area (Å²) in [4.78, 5) is 24.6. The molecule has 0 aliphatic heterocycles. The SMILES string of the molecule is CCOC(=O)Cc1ccccc1OCc1ccc(-c2onc(C)c2NC(=O)OC(C)c2ccccc2Cl)cc1. The average molecular weight is 549 g/mol. The number of anilines is 1. The predicted molar refractivity (Wildman–Crippen MR) is 148 cm³/mol. The summed E-state index contributed by atoms with van der Waals surface area (Å²) < 4.78 is 22.1. The first-order valence-corrected chi connectivity index (χ1v) is 12.9. The Hall–Kier alpha value is -4.30. The van der Waals surface area contributed by atoms with Crippen molar-refractivity contribution in [2.45, 2.75) is 39.9 Å². The van der Waals surface area contributed by atoms with Gasteiger partial charge in [-0.05, 0) is 38.5 Å². The van der Waals surface area contributed by atoms with Gasteiger partial charge < -0.3 is 18.7 Å². The number of carbonyl (C=O) groups excluding carboxylic acids is 2.